The number of rotatable bonds is 7. The molecular formula is C29H31Cl2N3O5. The van der Waals surface area contributed by atoms with Crippen LogP contribution in [0.2, 0.25) is 10.0 Å². The first kappa shape index (κ1) is 28.5. The number of H-pyrrole nitrogens is 1. The van der Waals surface area contributed by atoms with E-state index in [9.17, 15) is 19.5 Å². The summed E-state index contributed by atoms with van der Waals surface area (Å²) in [5.41, 5.74) is 1.72. The number of ether oxygens (including phenoxy) is 1. The Balaban J connectivity index is 1.66. The maximum atomic E-state index is 13.6. The van der Waals surface area contributed by atoms with Crippen LogP contribution in [0.25, 0.3) is 11.1 Å². The van der Waals surface area contributed by atoms with Crippen LogP contribution in [0.4, 0.5) is 0 Å². The first-order chi connectivity index (χ1) is 18.7. The lowest BCUT2D eigenvalue weighted by atomic mass is 9.93. The molecule has 2 heterocycles. The van der Waals surface area contributed by atoms with Crippen molar-refractivity contribution < 1.29 is 19.4 Å². The number of methoxy groups -OCH3 is 1. The highest BCUT2D eigenvalue weighted by Crippen LogP contribution is 2.41. The molecule has 0 aliphatic carbocycles. The molecule has 39 heavy (non-hydrogen) atoms. The zero-order chi connectivity index (χ0) is 28.3. The quantitative estimate of drug-likeness (QED) is 0.400. The van der Waals surface area contributed by atoms with E-state index in [1.807, 2.05) is 26.0 Å². The molecule has 1 aliphatic heterocycles. The number of halogens is 2. The molecule has 2 aromatic carbocycles. The number of hydrogen-bond acceptors (Lipinski definition) is 5. The number of carbonyl (C=O) groups excluding carboxylic acids is 2. The number of hydrogen-bond donors (Lipinski definition) is 2. The Morgan fingerprint density at radius 3 is 2.28 bits per heavy atom. The van der Waals surface area contributed by atoms with Crippen molar-refractivity contribution in [3.8, 4) is 22.6 Å². The zero-order valence-electron chi connectivity index (χ0n) is 22.1. The zero-order valence-corrected chi connectivity index (χ0v) is 23.7. The summed E-state index contributed by atoms with van der Waals surface area (Å²) in [5.74, 6) is -0.728. The van der Waals surface area contributed by atoms with E-state index in [-0.39, 0.29) is 59.0 Å². The minimum absolute atomic E-state index is 0.182. The van der Waals surface area contributed by atoms with Crippen molar-refractivity contribution in [2.45, 2.75) is 33.1 Å². The fourth-order valence-corrected chi connectivity index (χ4v) is 5.27. The van der Waals surface area contributed by atoms with Gasteiger partial charge >= 0.3 is 0 Å². The molecule has 2 N–H and O–H groups in total. The summed E-state index contributed by atoms with van der Waals surface area (Å²) >= 11 is 12.3. The van der Waals surface area contributed by atoms with Crippen LogP contribution < -0.4 is 10.3 Å². The van der Waals surface area contributed by atoms with E-state index < -0.39 is 11.5 Å². The smallest absolute Gasteiger partial charge is 0.264 e. The second kappa shape index (κ2) is 12.1. The molecule has 1 saturated heterocycles. The van der Waals surface area contributed by atoms with Gasteiger partial charge in [-0.25, -0.2) is 0 Å². The number of pyridine rings is 1. The monoisotopic (exact) mass is 571 g/mol. The van der Waals surface area contributed by atoms with Gasteiger partial charge in [0.1, 0.15) is 17.1 Å². The Bertz CT molecular complexity index is 1460. The normalized spacial score (nSPS) is 13.5. The second-order valence-corrected chi connectivity index (χ2v) is 10.3. The molecular weight excluding hydrogens is 541 g/mol. The molecule has 206 valence electrons. The van der Waals surface area contributed by atoms with Gasteiger partial charge in [-0.1, -0.05) is 54.7 Å². The number of aromatic nitrogens is 1. The summed E-state index contributed by atoms with van der Waals surface area (Å²) in [5, 5.41) is 11.9. The molecule has 8 nitrogen and oxygen atoms in total. The van der Waals surface area contributed by atoms with E-state index in [2.05, 4.69) is 4.98 Å². The topological polar surface area (TPSA) is 103 Å². The number of aryl methyl sites for hydroxylation is 2. The lowest BCUT2D eigenvalue weighted by Crippen LogP contribution is -2.51. The highest BCUT2D eigenvalue weighted by Gasteiger charge is 2.32. The number of carbonyl (C=O) groups is 2. The maximum Gasteiger partial charge on any atom is 0.264 e. The minimum atomic E-state index is -0.649. The number of piperazine rings is 1. The van der Waals surface area contributed by atoms with Crippen molar-refractivity contribution in [1.82, 2.24) is 14.8 Å². The van der Waals surface area contributed by atoms with Gasteiger partial charge in [-0.15, -0.1) is 0 Å². The van der Waals surface area contributed by atoms with Crippen LogP contribution in [0.5, 0.6) is 11.5 Å². The van der Waals surface area contributed by atoms with Crippen LogP contribution in [0, 0.1) is 6.92 Å². The number of aromatic hydroxyl groups is 1. The molecule has 4 rings (SSSR count). The van der Waals surface area contributed by atoms with Gasteiger partial charge in [-0.2, -0.15) is 0 Å². The van der Waals surface area contributed by atoms with Crippen LogP contribution in [0.3, 0.4) is 0 Å². The van der Waals surface area contributed by atoms with E-state index in [0.717, 1.165) is 18.4 Å². The van der Waals surface area contributed by atoms with Gasteiger partial charge in [-0.3, -0.25) is 14.4 Å². The average molecular weight is 572 g/mol. The average Bonchev–Trinajstić information content (AvgIpc) is 2.93. The molecule has 0 atom stereocenters. The van der Waals surface area contributed by atoms with E-state index in [1.165, 1.54) is 12.0 Å². The van der Waals surface area contributed by atoms with E-state index in [0.29, 0.717) is 29.0 Å². The number of nitrogens with one attached hydrogen (secondary N) is 1. The van der Waals surface area contributed by atoms with Gasteiger partial charge in [0.15, 0.2) is 0 Å². The van der Waals surface area contributed by atoms with Gasteiger partial charge in [0, 0.05) is 43.0 Å². The standard InChI is InChI=1S/C29H31Cl2N3O5/c1-4-5-11-20-23(22-17(2)8-6-12-21(22)39-3)26(35)24(27(36)32-20)29(38)34-15-13-33(14-16-34)28(37)18-9-7-10-19(30)25(18)31/h6-10,12H,4-5,11,13-16H2,1-3H3,(H2,32,35,36). The minimum Gasteiger partial charge on any atom is -0.506 e. The third-order valence-corrected chi connectivity index (χ3v) is 7.82. The Morgan fingerprint density at radius 1 is 1.00 bits per heavy atom. The summed E-state index contributed by atoms with van der Waals surface area (Å²) in [6, 6.07) is 10.4. The lowest BCUT2D eigenvalue weighted by molar-refractivity contribution is 0.0532. The third kappa shape index (κ3) is 5.63. The molecule has 3 aromatic rings. The predicted molar refractivity (Wildman–Crippen MR) is 152 cm³/mol. The molecule has 0 bridgehead atoms. The number of amides is 2. The number of unbranched alkanes of at least 4 members (excludes halogenated alkanes) is 1. The predicted octanol–water partition coefficient (Wildman–Crippen LogP) is 5.31. The van der Waals surface area contributed by atoms with E-state index in [4.69, 9.17) is 27.9 Å². The van der Waals surface area contributed by atoms with Crippen molar-refractivity contribution in [3.63, 3.8) is 0 Å². The van der Waals surface area contributed by atoms with Gasteiger partial charge in [0.05, 0.1) is 22.7 Å². The maximum absolute atomic E-state index is 13.6. The molecule has 1 aliphatic rings. The molecule has 1 fully saturated rings. The fraction of sp³-hybridized carbons (Fsp3) is 0.345. The molecule has 0 unspecified atom stereocenters. The third-order valence-electron chi connectivity index (χ3n) is 7.00. The first-order valence-corrected chi connectivity index (χ1v) is 13.6. The summed E-state index contributed by atoms with van der Waals surface area (Å²) in [4.78, 5) is 45.7. The molecule has 1 aromatic heterocycles. The van der Waals surface area contributed by atoms with Crippen LogP contribution in [0.15, 0.2) is 41.2 Å². The Morgan fingerprint density at radius 2 is 1.64 bits per heavy atom. The molecule has 0 spiro atoms. The van der Waals surface area contributed by atoms with E-state index in [1.54, 1.807) is 29.2 Å². The summed E-state index contributed by atoms with van der Waals surface area (Å²) in [6.07, 6.45) is 2.20. The van der Waals surface area contributed by atoms with Crippen molar-refractivity contribution in [2.75, 3.05) is 33.3 Å². The number of nitrogens with zero attached hydrogens (tertiary/aromatic N) is 2. The van der Waals surface area contributed by atoms with Crippen molar-refractivity contribution in [2.24, 2.45) is 0 Å². The summed E-state index contributed by atoms with van der Waals surface area (Å²) in [7, 11) is 1.54. The summed E-state index contributed by atoms with van der Waals surface area (Å²) in [6.45, 7) is 4.76. The SMILES string of the molecule is CCCCc1[nH]c(=O)c(C(=O)N2CCN(C(=O)c3cccc(Cl)c3Cl)CC2)c(O)c1-c1c(C)cccc1OC. The number of aromatic amines is 1. The van der Waals surface area contributed by atoms with Crippen LogP contribution in [-0.4, -0.2) is 65.0 Å². The van der Waals surface area contributed by atoms with Gasteiger partial charge in [-0.05, 0) is 43.5 Å². The van der Waals surface area contributed by atoms with Crippen molar-refractivity contribution in [3.05, 3.63) is 79.2 Å². The van der Waals surface area contributed by atoms with Gasteiger partial charge < -0.3 is 24.6 Å². The fourth-order valence-electron chi connectivity index (χ4n) is 4.89. The van der Waals surface area contributed by atoms with Crippen molar-refractivity contribution >= 4 is 35.0 Å². The highest BCUT2D eigenvalue weighted by atomic mass is 35.5. The lowest BCUT2D eigenvalue weighted by Gasteiger charge is -2.35. The largest absolute Gasteiger partial charge is 0.506 e. The van der Waals surface area contributed by atoms with Crippen LogP contribution in [0.1, 0.15) is 51.7 Å². The molecule has 0 saturated carbocycles. The Kier molecular flexibility index (Phi) is 8.87. The number of benzene rings is 2. The molecule has 0 radical (unpaired) electrons. The highest BCUT2D eigenvalue weighted by molar-refractivity contribution is 6.43. The van der Waals surface area contributed by atoms with Crippen LogP contribution in [-0.2, 0) is 6.42 Å². The van der Waals surface area contributed by atoms with Gasteiger partial charge in [0.2, 0.25) is 0 Å². The Hall–Kier alpha value is -3.49. The van der Waals surface area contributed by atoms with Crippen LogP contribution >= 0.6 is 23.2 Å². The summed E-state index contributed by atoms with van der Waals surface area (Å²) < 4.78 is 5.57. The molecule has 2 amide bonds. The van der Waals surface area contributed by atoms with E-state index >= 15 is 0 Å². The Labute approximate surface area is 237 Å². The first-order valence-electron chi connectivity index (χ1n) is 12.8. The molecule has 10 heteroatoms. The second-order valence-electron chi connectivity index (χ2n) is 9.47. The van der Waals surface area contributed by atoms with Gasteiger partial charge in [0.25, 0.3) is 17.4 Å². The van der Waals surface area contributed by atoms with Crippen molar-refractivity contribution in [1.29, 1.82) is 0 Å².